The lowest BCUT2D eigenvalue weighted by atomic mass is 10.2. The molecule has 1 aromatic rings. The summed E-state index contributed by atoms with van der Waals surface area (Å²) in [5.41, 5.74) is 13.4. The van der Waals surface area contributed by atoms with E-state index >= 15 is 0 Å². The van der Waals surface area contributed by atoms with Gasteiger partial charge in [0.25, 0.3) is 0 Å². The Kier molecular flexibility index (Phi) is 4.79. The molecule has 2 aliphatic rings. The Balaban J connectivity index is 1.87. The summed E-state index contributed by atoms with van der Waals surface area (Å²) in [4.78, 5) is 11.1. The quantitative estimate of drug-likeness (QED) is 0.533. The number of hydrogen-bond donors (Lipinski definition) is 4. The molecule has 3 rings (SSSR count). The van der Waals surface area contributed by atoms with Crippen LogP contribution in [0.15, 0.2) is 16.2 Å². The van der Waals surface area contributed by atoms with Crippen LogP contribution in [-0.2, 0) is 0 Å². The molecule has 3 heterocycles. The number of nitrogens with zero attached hydrogens (tertiary/aromatic N) is 6. The van der Waals surface area contributed by atoms with Gasteiger partial charge in [0.1, 0.15) is 5.71 Å². The predicted molar refractivity (Wildman–Crippen MR) is 104 cm³/mol. The molecule has 0 aromatic carbocycles. The number of anilines is 3. The Morgan fingerprint density at radius 1 is 1.27 bits per heavy atom. The van der Waals surface area contributed by atoms with E-state index in [-0.39, 0.29) is 19.0 Å². The number of hydrazone groups is 1. The maximum atomic E-state index is 9.01. The first-order chi connectivity index (χ1) is 12.3. The zero-order valence-corrected chi connectivity index (χ0v) is 15.2. The smallest absolute Gasteiger partial charge is 0.178 e. The topological polar surface area (TPSA) is 140 Å². The molecule has 0 aliphatic carbocycles. The van der Waals surface area contributed by atoms with Gasteiger partial charge in [0.2, 0.25) is 0 Å². The van der Waals surface area contributed by atoms with Gasteiger partial charge in [0.05, 0.1) is 71.0 Å². The summed E-state index contributed by atoms with van der Waals surface area (Å²) in [6.45, 7) is 3.86. The van der Waals surface area contributed by atoms with E-state index in [0.717, 1.165) is 30.7 Å². The van der Waals surface area contributed by atoms with Crippen LogP contribution in [0.3, 0.4) is 0 Å². The number of pyridine rings is 1. The molecule has 1 aromatic heterocycles. The van der Waals surface area contributed by atoms with Crippen LogP contribution in [0.25, 0.3) is 0 Å². The Bertz CT molecular complexity index is 761. The van der Waals surface area contributed by atoms with E-state index in [0.29, 0.717) is 28.7 Å². The third kappa shape index (κ3) is 3.60. The van der Waals surface area contributed by atoms with Crippen LogP contribution in [0.2, 0.25) is 0 Å². The molecule has 26 heavy (non-hydrogen) atoms. The minimum Gasteiger partial charge on any atom is -0.396 e. The highest BCUT2D eigenvalue weighted by Crippen LogP contribution is 2.31. The lowest BCUT2D eigenvalue weighted by Gasteiger charge is -2.39. The number of nitrogen functional groups attached to an aromatic ring is 2. The van der Waals surface area contributed by atoms with Crippen molar-refractivity contribution in [1.82, 2.24) is 9.99 Å². The fourth-order valence-corrected chi connectivity index (χ4v) is 2.92. The summed E-state index contributed by atoms with van der Waals surface area (Å²) in [6.07, 6.45) is 1.47. The summed E-state index contributed by atoms with van der Waals surface area (Å²) in [7, 11) is 4.41. The number of aliphatic hydroxyl groups is 1. The summed E-state index contributed by atoms with van der Waals surface area (Å²) in [5.74, 6) is 1.10. The Morgan fingerprint density at radius 3 is 2.62 bits per heavy atom. The highest BCUT2D eigenvalue weighted by atomic mass is 16.3. The van der Waals surface area contributed by atoms with E-state index in [4.69, 9.17) is 22.0 Å². The van der Waals surface area contributed by atoms with E-state index < -0.39 is 0 Å². The Morgan fingerprint density at radius 2 is 1.96 bits per heavy atom. The molecule has 1 fully saturated rings. The van der Waals surface area contributed by atoms with Gasteiger partial charge < -0.3 is 26.0 Å². The fraction of sp³-hybridized carbons (Fsp3) is 0.500. The van der Waals surface area contributed by atoms with Crippen molar-refractivity contribution in [2.24, 2.45) is 10.1 Å². The van der Waals surface area contributed by atoms with E-state index in [1.54, 1.807) is 6.07 Å². The number of β-amino-alcohol motifs (C(OH)–C–C–N with tert-alkyl or cyclic N) is 1. The van der Waals surface area contributed by atoms with E-state index in [9.17, 15) is 0 Å². The van der Waals surface area contributed by atoms with Crippen LogP contribution in [-0.4, -0.2) is 90.8 Å². The number of piperazine rings is 1. The van der Waals surface area contributed by atoms with Crippen LogP contribution in [0.1, 0.15) is 0 Å². The maximum Gasteiger partial charge on any atom is 0.178 e. The number of likely N-dealkylation sites (N-methyl/N-ethyl adjacent to an activating group) is 1. The van der Waals surface area contributed by atoms with Crippen molar-refractivity contribution >= 4 is 40.8 Å². The Hall–Kier alpha value is -2.72. The number of amidine groups is 1. The standard InChI is InChI=1S/C16H26N9O/c1-25(2)6-3-23(4-7-25)16-12(18)9-11(17)15(22-16)21-13-10-20-24(5-8-26)14(13)19/h9-10,19,26H,3-8,17-18H2,1-2H3/q+1. The first kappa shape index (κ1) is 18.1. The van der Waals surface area contributed by atoms with Gasteiger partial charge in [-0.05, 0) is 6.07 Å². The SMILES string of the molecule is C[N+]1(C)CCN(c2nc(N=C3C=NN(CCO)C3=N)c(N)cc2N)CC1. The molecule has 140 valence electrons. The van der Waals surface area contributed by atoms with Crippen molar-refractivity contribution in [1.29, 1.82) is 5.41 Å². The number of nitrogens with one attached hydrogen (secondary N) is 1. The van der Waals surface area contributed by atoms with Crippen molar-refractivity contribution in [3.63, 3.8) is 0 Å². The zero-order chi connectivity index (χ0) is 18.9. The highest BCUT2D eigenvalue weighted by molar-refractivity contribution is 6.63. The molecule has 0 amide bonds. The number of aliphatic hydroxyl groups excluding tert-OH is 1. The normalized spacial score (nSPS) is 21.0. The van der Waals surface area contributed by atoms with E-state index in [1.807, 2.05) is 0 Å². The summed E-state index contributed by atoms with van der Waals surface area (Å²) in [5, 5.41) is 22.5. The number of aromatic nitrogens is 1. The van der Waals surface area contributed by atoms with Gasteiger partial charge in [-0.15, -0.1) is 0 Å². The summed E-state index contributed by atoms with van der Waals surface area (Å²) >= 11 is 0. The molecule has 6 N–H and O–H groups in total. The molecule has 0 radical (unpaired) electrons. The molecule has 0 saturated carbocycles. The second-order valence-electron chi connectivity index (χ2n) is 7.12. The number of quaternary nitrogens is 1. The fourth-order valence-electron chi connectivity index (χ4n) is 2.92. The molecule has 10 heteroatoms. The average molecular weight is 360 g/mol. The van der Waals surface area contributed by atoms with Gasteiger partial charge in [-0.2, -0.15) is 5.10 Å². The number of nitrogens with two attached hydrogens (primary N) is 2. The third-order valence-electron chi connectivity index (χ3n) is 4.65. The minimum absolute atomic E-state index is 0.0940. The molecule has 0 unspecified atom stereocenters. The van der Waals surface area contributed by atoms with Gasteiger partial charge in [-0.3, -0.25) is 5.41 Å². The second-order valence-corrected chi connectivity index (χ2v) is 7.12. The van der Waals surface area contributed by atoms with Crippen LogP contribution >= 0.6 is 0 Å². The first-order valence-electron chi connectivity index (χ1n) is 8.54. The predicted octanol–water partition coefficient (Wildman–Crippen LogP) is -0.514. The minimum atomic E-state index is -0.0940. The molecule has 0 atom stereocenters. The van der Waals surface area contributed by atoms with Crippen molar-refractivity contribution in [2.75, 3.05) is 69.8 Å². The van der Waals surface area contributed by atoms with Gasteiger partial charge >= 0.3 is 0 Å². The lowest BCUT2D eigenvalue weighted by Crippen LogP contribution is -2.55. The number of aliphatic imine (C=N–C) groups is 1. The number of hydrogen-bond acceptors (Lipinski definition) is 8. The average Bonchev–Trinajstić information content (AvgIpc) is 2.91. The van der Waals surface area contributed by atoms with Crippen molar-refractivity contribution < 1.29 is 9.59 Å². The summed E-state index contributed by atoms with van der Waals surface area (Å²) < 4.78 is 0.967. The first-order valence-corrected chi connectivity index (χ1v) is 8.54. The van der Waals surface area contributed by atoms with Gasteiger partial charge in [-0.1, -0.05) is 0 Å². The summed E-state index contributed by atoms with van der Waals surface area (Å²) in [6, 6.07) is 1.66. The van der Waals surface area contributed by atoms with Crippen molar-refractivity contribution in [2.45, 2.75) is 0 Å². The van der Waals surface area contributed by atoms with Crippen LogP contribution in [0.4, 0.5) is 23.0 Å². The van der Waals surface area contributed by atoms with Crippen LogP contribution < -0.4 is 16.4 Å². The monoisotopic (exact) mass is 360 g/mol. The highest BCUT2D eigenvalue weighted by Gasteiger charge is 2.27. The van der Waals surface area contributed by atoms with E-state index in [1.165, 1.54) is 11.2 Å². The lowest BCUT2D eigenvalue weighted by molar-refractivity contribution is -0.890. The second kappa shape index (κ2) is 6.89. The van der Waals surface area contributed by atoms with Gasteiger partial charge in [0.15, 0.2) is 17.5 Å². The van der Waals surface area contributed by atoms with Gasteiger partial charge in [-0.25, -0.2) is 15.0 Å². The third-order valence-corrected chi connectivity index (χ3v) is 4.65. The zero-order valence-electron chi connectivity index (χ0n) is 15.2. The molecular formula is C16H26N9O+. The van der Waals surface area contributed by atoms with Crippen molar-refractivity contribution in [3.05, 3.63) is 6.07 Å². The van der Waals surface area contributed by atoms with E-state index in [2.05, 4.69) is 34.1 Å². The Labute approximate surface area is 152 Å². The molecule has 0 bridgehead atoms. The van der Waals surface area contributed by atoms with Crippen LogP contribution in [0, 0.1) is 5.41 Å². The molecular weight excluding hydrogens is 334 g/mol. The van der Waals surface area contributed by atoms with Crippen LogP contribution in [0.5, 0.6) is 0 Å². The molecule has 10 nitrogen and oxygen atoms in total. The molecule has 0 spiro atoms. The molecule has 1 saturated heterocycles. The number of rotatable bonds is 4. The molecule has 2 aliphatic heterocycles. The van der Waals surface area contributed by atoms with Gasteiger partial charge in [0, 0.05) is 0 Å². The van der Waals surface area contributed by atoms with Crippen molar-refractivity contribution in [3.8, 4) is 0 Å². The maximum absolute atomic E-state index is 9.01. The largest absolute Gasteiger partial charge is 0.396 e.